The molecule has 3 nitrogen and oxygen atoms in total. The molecule has 0 spiro atoms. The summed E-state index contributed by atoms with van der Waals surface area (Å²) >= 11 is 3.40. The number of halogens is 1. The molecule has 0 saturated heterocycles. The number of allylic oxidation sites excluding steroid dienone is 1. The van der Waals surface area contributed by atoms with Gasteiger partial charge in [-0.05, 0) is 42.8 Å². The number of rotatable bonds is 5. The summed E-state index contributed by atoms with van der Waals surface area (Å²) in [6, 6.07) is 15.4. The van der Waals surface area contributed by atoms with Crippen molar-refractivity contribution in [1.82, 2.24) is 0 Å². The Kier molecular flexibility index (Phi) is 5.21. The minimum Gasteiger partial charge on any atom is -0.458 e. The largest absolute Gasteiger partial charge is 0.458 e. The maximum atomic E-state index is 12.8. The molecule has 4 heteroatoms. The molecule has 0 radical (unpaired) electrons. The summed E-state index contributed by atoms with van der Waals surface area (Å²) in [6.45, 7) is 4.11. The molecule has 1 unspecified atom stereocenters. The second-order valence-corrected chi connectivity index (χ2v) is 6.74. The molecule has 0 fully saturated rings. The first-order valence-corrected chi connectivity index (χ1v) is 8.93. The fraction of sp³-hybridized carbons (Fsp3) is 0.190. The van der Waals surface area contributed by atoms with Crippen LogP contribution in [0.5, 0.6) is 5.75 Å². The monoisotopic (exact) mass is 398 g/mol. The number of benzene rings is 2. The van der Waals surface area contributed by atoms with Gasteiger partial charge in [0.15, 0.2) is 5.78 Å². The van der Waals surface area contributed by atoms with Crippen LogP contribution in [-0.4, -0.2) is 18.2 Å². The zero-order valence-electron chi connectivity index (χ0n) is 14.2. The molecule has 1 aliphatic rings. The van der Waals surface area contributed by atoms with Crippen molar-refractivity contribution in [2.75, 3.05) is 6.61 Å². The van der Waals surface area contributed by atoms with Crippen molar-refractivity contribution < 1.29 is 14.3 Å². The standard InChI is InChI=1S/C21H19BrO3/c1-3-24-21(2)18(14-16-6-4-5-7-20(16)25-21)19(23)13-10-15-8-11-17(22)12-9-15/h4-14H,3H2,1-2H3/b13-10+. The first-order chi connectivity index (χ1) is 12.0. The molecule has 128 valence electrons. The molecule has 0 saturated carbocycles. The van der Waals surface area contributed by atoms with E-state index in [1.807, 2.05) is 61.5 Å². The number of hydrogen-bond acceptors (Lipinski definition) is 3. The molecular formula is C21H19BrO3. The van der Waals surface area contributed by atoms with Crippen LogP contribution in [-0.2, 0) is 9.53 Å². The van der Waals surface area contributed by atoms with Gasteiger partial charge in [-0.2, -0.15) is 0 Å². The predicted molar refractivity (Wildman–Crippen MR) is 103 cm³/mol. The second-order valence-electron chi connectivity index (χ2n) is 5.83. The lowest BCUT2D eigenvalue weighted by atomic mass is 9.95. The second kappa shape index (κ2) is 7.38. The quantitative estimate of drug-likeness (QED) is 0.644. The number of carbonyl (C=O) groups is 1. The van der Waals surface area contributed by atoms with E-state index < -0.39 is 5.79 Å². The van der Waals surface area contributed by atoms with Crippen molar-refractivity contribution in [2.45, 2.75) is 19.6 Å². The highest BCUT2D eigenvalue weighted by atomic mass is 79.9. The Morgan fingerprint density at radius 1 is 1.20 bits per heavy atom. The number of fused-ring (bicyclic) bond motifs is 1. The van der Waals surface area contributed by atoms with Gasteiger partial charge in [-0.1, -0.05) is 52.3 Å². The zero-order valence-corrected chi connectivity index (χ0v) is 15.7. The van der Waals surface area contributed by atoms with Gasteiger partial charge < -0.3 is 9.47 Å². The smallest absolute Gasteiger partial charge is 0.238 e. The van der Waals surface area contributed by atoms with Crippen molar-refractivity contribution in [3.05, 3.63) is 75.8 Å². The molecule has 0 aromatic heterocycles. The van der Waals surface area contributed by atoms with Crippen LogP contribution in [0, 0.1) is 0 Å². The average molecular weight is 399 g/mol. The molecule has 0 aliphatic carbocycles. The van der Waals surface area contributed by atoms with Crippen LogP contribution in [0.4, 0.5) is 0 Å². The molecule has 25 heavy (non-hydrogen) atoms. The highest BCUT2D eigenvalue weighted by Gasteiger charge is 2.38. The van der Waals surface area contributed by atoms with Gasteiger partial charge in [-0.25, -0.2) is 0 Å². The Balaban J connectivity index is 1.92. The molecule has 2 aromatic rings. The highest BCUT2D eigenvalue weighted by Crippen LogP contribution is 2.37. The van der Waals surface area contributed by atoms with Crippen molar-refractivity contribution in [3.63, 3.8) is 0 Å². The molecule has 1 atom stereocenters. The SMILES string of the molecule is CCOC1(C)Oc2ccccc2C=C1C(=O)/C=C/c1ccc(Br)cc1. The van der Waals surface area contributed by atoms with Crippen LogP contribution >= 0.6 is 15.9 Å². The number of carbonyl (C=O) groups excluding carboxylic acids is 1. The molecule has 1 aliphatic heterocycles. The van der Waals surface area contributed by atoms with E-state index in [0.29, 0.717) is 17.9 Å². The van der Waals surface area contributed by atoms with E-state index in [9.17, 15) is 4.79 Å². The fourth-order valence-electron chi connectivity index (χ4n) is 2.76. The number of para-hydroxylation sites is 1. The van der Waals surface area contributed by atoms with Gasteiger partial charge in [0.2, 0.25) is 5.79 Å². The van der Waals surface area contributed by atoms with E-state index in [1.54, 1.807) is 19.1 Å². The summed E-state index contributed by atoms with van der Waals surface area (Å²) in [5.41, 5.74) is 2.31. The van der Waals surface area contributed by atoms with Crippen LogP contribution in [0.15, 0.2) is 64.7 Å². The fourth-order valence-corrected chi connectivity index (χ4v) is 3.02. The molecule has 0 N–H and O–H groups in total. The number of ketones is 1. The predicted octanol–water partition coefficient (Wildman–Crippen LogP) is 5.26. The summed E-state index contributed by atoms with van der Waals surface area (Å²) in [4.78, 5) is 12.8. The lowest BCUT2D eigenvalue weighted by Crippen LogP contribution is -2.42. The normalized spacial score (nSPS) is 19.2. The first kappa shape index (κ1) is 17.6. The van der Waals surface area contributed by atoms with Gasteiger partial charge >= 0.3 is 0 Å². The topological polar surface area (TPSA) is 35.5 Å². The van der Waals surface area contributed by atoms with Gasteiger partial charge in [0.25, 0.3) is 0 Å². The highest BCUT2D eigenvalue weighted by molar-refractivity contribution is 9.10. The average Bonchev–Trinajstić information content (AvgIpc) is 2.60. The Morgan fingerprint density at radius 2 is 1.92 bits per heavy atom. The maximum Gasteiger partial charge on any atom is 0.238 e. The Bertz CT molecular complexity index is 836. The minimum absolute atomic E-state index is 0.131. The molecule has 0 bridgehead atoms. The van der Waals surface area contributed by atoms with E-state index in [4.69, 9.17) is 9.47 Å². The van der Waals surface area contributed by atoms with Crippen LogP contribution in [0.2, 0.25) is 0 Å². The van der Waals surface area contributed by atoms with Crippen LogP contribution in [0.25, 0.3) is 12.2 Å². The molecule has 0 amide bonds. The van der Waals surface area contributed by atoms with E-state index in [0.717, 1.165) is 15.6 Å². The third-order valence-corrected chi connectivity index (χ3v) is 4.52. The van der Waals surface area contributed by atoms with Gasteiger partial charge in [0, 0.05) is 23.6 Å². The van der Waals surface area contributed by atoms with Gasteiger partial charge in [0.1, 0.15) is 5.75 Å². The summed E-state index contributed by atoms with van der Waals surface area (Å²) < 4.78 is 12.8. The van der Waals surface area contributed by atoms with Crippen LogP contribution in [0.1, 0.15) is 25.0 Å². The van der Waals surface area contributed by atoms with E-state index >= 15 is 0 Å². The van der Waals surface area contributed by atoms with Crippen molar-refractivity contribution in [1.29, 1.82) is 0 Å². The summed E-state index contributed by atoms with van der Waals surface area (Å²) in [7, 11) is 0. The van der Waals surface area contributed by atoms with E-state index in [1.165, 1.54) is 0 Å². The third-order valence-electron chi connectivity index (χ3n) is 4.00. The van der Waals surface area contributed by atoms with E-state index in [2.05, 4.69) is 15.9 Å². The third kappa shape index (κ3) is 3.91. The first-order valence-electron chi connectivity index (χ1n) is 8.14. The van der Waals surface area contributed by atoms with Crippen molar-refractivity contribution in [2.24, 2.45) is 0 Å². The minimum atomic E-state index is -1.09. The van der Waals surface area contributed by atoms with E-state index in [-0.39, 0.29) is 5.78 Å². The van der Waals surface area contributed by atoms with Crippen molar-refractivity contribution in [3.8, 4) is 5.75 Å². The van der Waals surface area contributed by atoms with Gasteiger partial charge in [0.05, 0.1) is 5.57 Å². The van der Waals surface area contributed by atoms with Crippen LogP contribution in [0.3, 0.4) is 0 Å². The lowest BCUT2D eigenvalue weighted by molar-refractivity contribution is -0.146. The molecular weight excluding hydrogens is 380 g/mol. The molecule has 3 rings (SSSR count). The Hall–Kier alpha value is -2.17. The summed E-state index contributed by atoms with van der Waals surface area (Å²) in [5, 5.41) is 0. The summed E-state index contributed by atoms with van der Waals surface area (Å²) in [6.07, 6.45) is 5.20. The Morgan fingerprint density at radius 3 is 2.64 bits per heavy atom. The molecule has 2 aromatic carbocycles. The van der Waals surface area contributed by atoms with Crippen molar-refractivity contribution >= 4 is 33.9 Å². The number of ether oxygens (including phenoxy) is 2. The maximum absolute atomic E-state index is 12.8. The molecule has 1 heterocycles. The van der Waals surface area contributed by atoms with Gasteiger partial charge in [-0.3, -0.25) is 4.79 Å². The lowest BCUT2D eigenvalue weighted by Gasteiger charge is -2.35. The zero-order chi connectivity index (χ0) is 17.9. The number of hydrogen-bond donors (Lipinski definition) is 0. The summed E-state index contributed by atoms with van der Waals surface area (Å²) in [5.74, 6) is -0.509. The van der Waals surface area contributed by atoms with Gasteiger partial charge in [-0.15, -0.1) is 0 Å². The van der Waals surface area contributed by atoms with Crippen LogP contribution < -0.4 is 4.74 Å². The Labute approximate surface area is 156 Å².